The molecular weight excluding hydrogens is 288 g/mol. The van der Waals surface area contributed by atoms with E-state index in [0.29, 0.717) is 5.75 Å². The van der Waals surface area contributed by atoms with Gasteiger partial charge in [-0.1, -0.05) is 12.7 Å². The Hall–Kier alpha value is -2.41. The van der Waals surface area contributed by atoms with E-state index in [0.717, 1.165) is 0 Å². The predicted molar refractivity (Wildman–Crippen MR) is 77.7 cm³/mol. The molecule has 1 aromatic heterocycles. The van der Waals surface area contributed by atoms with Gasteiger partial charge in [0.05, 0.1) is 0 Å². The van der Waals surface area contributed by atoms with E-state index in [1.54, 1.807) is 18.2 Å². The van der Waals surface area contributed by atoms with E-state index in [1.807, 2.05) is 0 Å². The number of hydrogen-bond donors (Lipinski definition) is 2. The van der Waals surface area contributed by atoms with Gasteiger partial charge < -0.3 is 19.8 Å². The molecular formula is C15H18N2O5. The van der Waals surface area contributed by atoms with Crippen LogP contribution in [0.5, 0.6) is 5.75 Å². The van der Waals surface area contributed by atoms with Crippen molar-refractivity contribution in [3.05, 3.63) is 36.7 Å². The Morgan fingerprint density at radius 2 is 2.14 bits per heavy atom. The van der Waals surface area contributed by atoms with E-state index in [1.165, 1.54) is 11.1 Å². The molecule has 118 valence electrons. The molecule has 0 radical (unpaired) electrons. The SMILES string of the molecule is C=CCOc1cccnc1C(=O)N1CCC(O)(C(=O)O)CC1. The molecule has 1 aliphatic rings. The molecule has 2 heterocycles. The van der Waals surface area contributed by atoms with Crippen LogP contribution in [-0.2, 0) is 4.79 Å². The number of amides is 1. The summed E-state index contributed by atoms with van der Waals surface area (Å²) in [6.45, 7) is 4.11. The summed E-state index contributed by atoms with van der Waals surface area (Å²) in [4.78, 5) is 29.0. The Labute approximate surface area is 127 Å². The molecule has 22 heavy (non-hydrogen) atoms. The lowest BCUT2D eigenvalue weighted by atomic mass is 9.91. The first-order valence-corrected chi connectivity index (χ1v) is 6.92. The summed E-state index contributed by atoms with van der Waals surface area (Å²) in [5, 5.41) is 18.9. The molecule has 1 amide bonds. The summed E-state index contributed by atoms with van der Waals surface area (Å²) in [5.74, 6) is -1.24. The third-order valence-corrected chi connectivity index (χ3v) is 3.61. The van der Waals surface area contributed by atoms with E-state index < -0.39 is 11.6 Å². The summed E-state index contributed by atoms with van der Waals surface area (Å²) in [5.41, 5.74) is -1.59. The number of piperidine rings is 1. The zero-order valence-corrected chi connectivity index (χ0v) is 12.1. The second-order valence-corrected chi connectivity index (χ2v) is 5.08. The number of aliphatic hydroxyl groups is 1. The standard InChI is InChI=1S/C15H18N2O5/c1-2-10-22-11-4-3-7-16-12(11)13(18)17-8-5-15(21,6-9-17)14(19)20/h2-4,7,21H,1,5-6,8-10H2,(H,19,20). The van der Waals surface area contributed by atoms with Crippen LogP contribution in [0.1, 0.15) is 23.3 Å². The molecule has 0 bridgehead atoms. The molecule has 1 aromatic rings. The van der Waals surface area contributed by atoms with E-state index >= 15 is 0 Å². The number of rotatable bonds is 5. The minimum atomic E-state index is -1.76. The molecule has 0 aliphatic carbocycles. The minimum absolute atomic E-state index is 0.0102. The summed E-state index contributed by atoms with van der Waals surface area (Å²) >= 11 is 0. The topological polar surface area (TPSA) is 100.0 Å². The molecule has 0 aromatic carbocycles. The van der Waals surface area contributed by atoms with E-state index in [-0.39, 0.29) is 44.1 Å². The first-order chi connectivity index (χ1) is 10.5. The number of aliphatic carboxylic acids is 1. The first-order valence-electron chi connectivity index (χ1n) is 6.92. The summed E-state index contributed by atoms with van der Waals surface area (Å²) in [6.07, 6.45) is 3.04. The van der Waals surface area contributed by atoms with Gasteiger partial charge in [0.2, 0.25) is 0 Å². The molecule has 0 saturated carbocycles. The Kier molecular flexibility index (Phi) is 4.77. The van der Waals surface area contributed by atoms with Crippen LogP contribution in [0.4, 0.5) is 0 Å². The lowest BCUT2D eigenvalue weighted by Gasteiger charge is -2.35. The second-order valence-electron chi connectivity index (χ2n) is 5.08. The van der Waals surface area contributed by atoms with Crippen LogP contribution in [0, 0.1) is 0 Å². The monoisotopic (exact) mass is 306 g/mol. The number of pyridine rings is 1. The Bertz CT molecular complexity index is 579. The second kappa shape index (κ2) is 6.57. The normalized spacial score (nSPS) is 16.9. The molecule has 1 saturated heterocycles. The van der Waals surface area contributed by atoms with Crippen molar-refractivity contribution in [3.8, 4) is 5.75 Å². The number of carbonyl (C=O) groups is 2. The Balaban J connectivity index is 2.10. The molecule has 0 unspecified atom stereocenters. The van der Waals surface area contributed by atoms with Crippen LogP contribution in [0.25, 0.3) is 0 Å². The molecule has 0 spiro atoms. The predicted octanol–water partition coefficient (Wildman–Crippen LogP) is 0.698. The zero-order chi connectivity index (χ0) is 16.2. The Morgan fingerprint density at radius 3 is 2.73 bits per heavy atom. The van der Waals surface area contributed by atoms with Gasteiger partial charge in [-0.2, -0.15) is 0 Å². The number of aromatic nitrogens is 1. The fraction of sp³-hybridized carbons (Fsp3) is 0.400. The van der Waals surface area contributed by atoms with Gasteiger partial charge in [0.1, 0.15) is 6.61 Å². The van der Waals surface area contributed by atoms with Gasteiger partial charge in [0.15, 0.2) is 17.0 Å². The molecule has 2 N–H and O–H groups in total. The minimum Gasteiger partial charge on any atom is -0.487 e. The average molecular weight is 306 g/mol. The van der Waals surface area contributed by atoms with Crippen molar-refractivity contribution in [3.63, 3.8) is 0 Å². The van der Waals surface area contributed by atoms with E-state index in [9.17, 15) is 14.7 Å². The maximum Gasteiger partial charge on any atom is 0.335 e. The number of hydrogen-bond acceptors (Lipinski definition) is 5. The maximum atomic E-state index is 12.5. The highest BCUT2D eigenvalue weighted by Gasteiger charge is 2.41. The average Bonchev–Trinajstić information content (AvgIpc) is 2.53. The lowest BCUT2D eigenvalue weighted by molar-refractivity contribution is -0.162. The number of carboxylic acids is 1. The van der Waals surface area contributed by atoms with Crippen LogP contribution in [0.3, 0.4) is 0 Å². The van der Waals surface area contributed by atoms with Crippen LogP contribution in [0.15, 0.2) is 31.0 Å². The van der Waals surface area contributed by atoms with Gasteiger partial charge in [0.25, 0.3) is 5.91 Å². The van der Waals surface area contributed by atoms with E-state index in [4.69, 9.17) is 9.84 Å². The van der Waals surface area contributed by atoms with Crippen molar-refractivity contribution < 1.29 is 24.5 Å². The zero-order valence-electron chi connectivity index (χ0n) is 12.1. The number of nitrogens with zero attached hydrogens (tertiary/aromatic N) is 2. The fourth-order valence-electron chi connectivity index (χ4n) is 2.26. The maximum absolute atomic E-state index is 12.5. The number of ether oxygens (including phenoxy) is 1. The van der Waals surface area contributed by atoms with Crippen LogP contribution in [-0.4, -0.2) is 57.3 Å². The van der Waals surface area contributed by atoms with Gasteiger partial charge in [-0.05, 0) is 12.1 Å². The van der Waals surface area contributed by atoms with Crippen molar-refractivity contribution in [2.24, 2.45) is 0 Å². The van der Waals surface area contributed by atoms with Crippen LogP contribution < -0.4 is 4.74 Å². The highest BCUT2D eigenvalue weighted by Crippen LogP contribution is 2.25. The van der Waals surface area contributed by atoms with Gasteiger partial charge in [0, 0.05) is 32.1 Å². The molecule has 2 rings (SSSR count). The number of carboxylic acid groups (broad SMARTS) is 1. The quantitative estimate of drug-likeness (QED) is 0.777. The first kappa shape index (κ1) is 16.0. The van der Waals surface area contributed by atoms with Gasteiger partial charge in [-0.15, -0.1) is 0 Å². The van der Waals surface area contributed by atoms with Crippen molar-refractivity contribution in [1.82, 2.24) is 9.88 Å². The Morgan fingerprint density at radius 1 is 1.45 bits per heavy atom. The molecule has 7 nitrogen and oxygen atoms in total. The number of likely N-dealkylation sites (tertiary alicyclic amines) is 1. The highest BCUT2D eigenvalue weighted by atomic mass is 16.5. The summed E-state index contributed by atoms with van der Waals surface area (Å²) in [7, 11) is 0. The molecule has 1 fully saturated rings. The third kappa shape index (κ3) is 3.25. The summed E-state index contributed by atoms with van der Waals surface area (Å²) < 4.78 is 5.41. The van der Waals surface area contributed by atoms with Gasteiger partial charge >= 0.3 is 5.97 Å². The van der Waals surface area contributed by atoms with Gasteiger partial charge in [-0.3, -0.25) is 4.79 Å². The van der Waals surface area contributed by atoms with Gasteiger partial charge in [-0.25, -0.2) is 9.78 Å². The van der Waals surface area contributed by atoms with Crippen molar-refractivity contribution >= 4 is 11.9 Å². The third-order valence-electron chi connectivity index (χ3n) is 3.61. The molecule has 0 atom stereocenters. The van der Waals surface area contributed by atoms with Crippen molar-refractivity contribution in [2.75, 3.05) is 19.7 Å². The van der Waals surface area contributed by atoms with Crippen LogP contribution >= 0.6 is 0 Å². The lowest BCUT2D eigenvalue weighted by Crippen LogP contribution is -2.51. The molecule has 1 aliphatic heterocycles. The molecule has 7 heteroatoms. The fourth-order valence-corrected chi connectivity index (χ4v) is 2.26. The largest absolute Gasteiger partial charge is 0.487 e. The highest BCUT2D eigenvalue weighted by molar-refractivity contribution is 5.95. The van der Waals surface area contributed by atoms with Crippen molar-refractivity contribution in [1.29, 1.82) is 0 Å². The smallest absolute Gasteiger partial charge is 0.335 e. The van der Waals surface area contributed by atoms with Crippen LogP contribution in [0.2, 0.25) is 0 Å². The summed E-state index contributed by atoms with van der Waals surface area (Å²) in [6, 6.07) is 3.30. The van der Waals surface area contributed by atoms with Crippen molar-refractivity contribution in [2.45, 2.75) is 18.4 Å². The number of carbonyl (C=O) groups excluding carboxylic acids is 1. The van der Waals surface area contributed by atoms with E-state index in [2.05, 4.69) is 11.6 Å².